The van der Waals surface area contributed by atoms with E-state index in [4.69, 9.17) is 0 Å². The number of carbonyl (C=O) groups is 2. The summed E-state index contributed by atoms with van der Waals surface area (Å²) in [4.78, 5) is 21.0. The Morgan fingerprint density at radius 1 is 1.36 bits per heavy atom. The quantitative estimate of drug-likeness (QED) is 0.308. The van der Waals surface area contributed by atoms with Crippen molar-refractivity contribution in [2.24, 2.45) is 0 Å². The van der Waals surface area contributed by atoms with Crippen LogP contribution in [-0.2, 0) is 18.8 Å². The van der Waals surface area contributed by atoms with Crippen LogP contribution in [-0.4, -0.2) is 26.4 Å². The molecule has 0 aromatic heterocycles. The average molecular weight is 202 g/mol. The van der Waals surface area contributed by atoms with Crippen molar-refractivity contribution < 1.29 is 18.0 Å². The summed E-state index contributed by atoms with van der Waals surface area (Å²) in [6, 6.07) is 0. The lowest BCUT2D eigenvalue weighted by Crippen LogP contribution is -2.47. The van der Waals surface area contributed by atoms with Gasteiger partial charge in [-0.2, -0.15) is 13.5 Å². The highest BCUT2D eigenvalue weighted by atomic mass is 35.7. The molecule has 0 aromatic rings. The molecule has 9 heteroatoms. The Labute approximate surface area is 66.8 Å². The predicted molar refractivity (Wildman–Crippen MR) is 35.0 cm³/mol. The predicted octanol–water partition coefficient (Wildman–Crippen LogP) is -1.91. The molecule has 0 spiro atoms. The molecule has 0 saturated carbocycles. The number of halogens is 1. The van der Waals surface area contributed by atoms with Gasteiger partial charge >= 0.3 is 9.24 Å². The van der Waals surface area contributed by atoms with E-state index in [0.29, 0.717) is 0 Å². The van der Waals surface area contributed by atoms with E-state index in [1.807, 2.05) is 0 Å². The molecule has 0 fully saturated rings. The van der Waals surface area contributed by atoms with Crippen LogP contribution >= 0.6 is 10.7 Å². The summed E-state index contributed by atoms with van der Waals surface area (Å²) < 4.78 is 20.3. The third kappa shape index (κ3) is 5.58. The van der Waals surface area contributed by atoms with E-state index in [0.717, 1.165) is 0 Å². The maximum Gasteiger partial charge on any atom is 0.315 e. The number of rotatable bonds is 5. The first kappa shape index (κ1) is 10.1. The molecule has 64 valence electrons. The Balaban J connectivity index is 4.08. The molecule has 0 bridgehead atoms. The Morgan fingerprint density at radius 2 is 1.91 bits per heavy atom. The van der Waals surface area contributed by atoms with Crippen molar-refractivity contribution in [2.45, 2.75) is 0 Å². The molecule has 0 unspecified atom stereocenters. The number of hydrazine groups is 2. The van der Waals surface area contributed by atoms with Gasteiger partial charge in [0.2, 0.25) is 12.8 Å². The SMILES string of the molecule is O=CNN(C=O)NS(=O)(=O)Cl. The number of amides is 2. The molecule has 0 rings (SSSR count). The van der Waals surface area contributed by atoms with Crippen molar-refractivity contribution >= 4 is 32.7 Å². The number of hydrogen-bond donors (Lipinski definition) is 2. The molecule has 11 heavy (non-hydrogen) atoms. The van der Waals surface area contributed by atoms with E-state index in [1.54, 1.807) is 5.43 Å². The van der Waals surface area contributed by atoms with Crippen molar-refractivity contribution in [2.75, 3.05) is 0 Å². The number of nitrogens with one attached hydrogen (secondary N) is 2. The van der Waals surface area contributed by atoms with Crippen LogP contribution in [0.15, 0.2) is 0 Å². The number of nitrogens with zero attached hydrogens (tertiary/aromatic N) is 1. The van der Waals surface area contributed by atoms with Gasteiger partial charge in [0.05, 0.1) is 0 Å². The standard InChI is InChI=1S/C2H4ClN3O4S/c3-11(9,10)5-6(2-8)4-1-7/h1-2,5H,(H,4,7). The molecule has 7 nitrogen and oxygen atoms in total. The molecule has 0 heterocycles. The van der Waals surface area contributed by atoms with Gasteiger partial charge in [-0.1, -0.05) is 4.83 Å². The summed E-state index contributed by atoms with van der Waals surface area (Å²) in [5.74, 6) is 0. The zero-order valence-electron chi connectivity index (χ0n) is 5.02. The minimum Gasteiger partial charge on any atom is -0.277 e. The minimum absolute atomic E-state index is 0.0222. The van der Waals surface area contributed by atoms with E-state index in [-0.39, 0.29) is 17.9 Å². The summed E-state index contributed by atoms with van der Waals surface area (Å²) in [7, 11) is 0.585. The Bertz CT molecular complexity index is 238. The van der Waals surface area contributed by atoms with E-state index >= 15 is 0 Å². The molecule has 0 saturated heterocycles. The Morgan fingerprint density at radius 3 is 2.18 bits per heavy atom. The van der Waals surface area contributed by atoms with E-state index in [1.165, 1.54) is 4.83 Å². The maximum atomic E-state index is 10.2. The van der Waals surface area contributed by atoms with Crippen LogP contribution < -0.4 is 10.3 Å². The summed E-state index contributed by atoms with van der Waals surface area (Å²) >= 11 is 0. The average Bonchev–Trinajstić information content (AvgIpc) is 1.84. The van der Waals surface area contributed by atoms with Gasteiger partial charge in [0.1, 0.15) is 0 Å². The molecule has 0 aliphatic heterocycles. The van der Waals surface area contributed by atoms with Crippen molar-refractivity contribution in [3.05, 3.63) is 0 Å². The first-order valence-corrected chi connectivity index (χ1v) is 4.47. The fourth-order valence-electron chi connectivity index (χ4n) is 0.253. The van der Waals surface area contributed by atoms with Gasteiger partial charge in [-0.25, -0.2) is 0 Å². The maximum absolute atomic E-state index is 10.2. The molecule has 0 radical (unpaired) electrons. The van der Waals surface area contributed by atoms with Gasteiger partial charge in [0.15, 0.2) is 0 Å². The summed E-state index contributed by atoms with van der Waals surface area (Å²) in [5.41, 5.74) is 1.70. The first-order valence-electron chi connectivity index (χ1n) is 2.16. The van der Waals surface area contributed by atoms with Crippen LogP contribution in [0, 0.1) is 0 Å². The topological polar surface area (TPSA) is 95.6 Å². The van der Waals surface area contributed by atoms with Crippen molar-refractivity contribution in [3.8, 4) is 0 Å². The molecule has 0 aliphatic rings. The van der Waals surface area contributed by atoms with Gasteiger partial charge < -0.3 is 0 Å². The van der Waals surface area contributed by atoms with Gasteiger partial charge in [0, 0.05) is 10.7 Å². The third-order valence-corrected chi connectivity index (χ3v) is 1.13. The minimum atomic E-state index is -4.06. The monoisotopic (exact) mass is 201 g/mol. The fraction of sp³-hybridized carbons (Fsp3) is 0. The lowest BCUT2D eigenvalue weighted by atomic mass is 11.3. The van der Waals surface area contributed by atoms with Gasteiger partial charge in [-0.15, -0.1) is 0 Å². The summed E-state index contributed by atoms with van der Waals surface area (Å²) in [5, 5.41) is 0.245. The number of carbonyl (C=O) groups excluding carboxylic acids is 2. The van der Waals surface area contributed by atoms with E-state index in [2.05, 4.69) is 10.7 Å². The van der Waals surface area contributed by atoms with Gasteiger partial charge in [-0.05, 0) is 0 Å². The molecular weight excluding hydrogens is 198 g/mol. The summed E-state index contributed by atoms with van der Waals surface area (Å²) in [6.07, 6.45) is 0.123. The van der Waals surface area contributed by atoms with Crippen molar-refractivity contribution in [3.63, 3.8) is 0 Å². The van der Waals surface area contributed by atoms with Crippen molar-refractivity contribution in [1.29, 1.82) is 0 Å². The zero-order chi connectivity index (χ0) is 8.91. The highest BCUT2D eigenvalue weighted by molar-refractivity contribution is 8.12. The van der Waals surface area contributed by atoms with Gasteiger partial charge in [-0.3, -0.25) is 15.0 Å². The highest BCUT2D eigenvalue weighted by Crippen LogP contribution is 1.88. The smallest absolute Gasteiger partial charge is 0.277 e. The van der Waals surface area contributed by atoms with Crippen LogP contribution in [0.4, 0.5) is 0 Å². The van der Waals surface area contributed by atoms with Gasteiger partial charge in [0.25, 0.3) is 0 Å². The number of hydrogen-bond acceptors (Lipinski definition) is 4. The highest BCUT2D eigenvalue weighted by Gasteiger charge is 2.08. The van der Waals surface area contributed by atoms with Crippen LogP contribution in [0.1, 0.15) is 0 Å². The van der Waals surface area contributed by atoms with E-state index in [9.17, 15) is 18.0 Å². The molecule has 2 N–H and O–H groups in total. The van der Waals surface area contributed by atoms with Crippen molar-refractivity contribution in [1.82, 2.24) is 15.4 Å². The molecular formula is C2H4ClN3O4S. The largest absolute Gasteiger partial charge is 0.315 e. The molecule has 0 atom stereocenters. The fourth-order valence-corrected chi connectivity index (χ4v) is 0.806. The second-order valence-corrected chi connectivity index (χ2v) is 3.53. The summed E-state index contributed by atoms with van der Waals surface area (Å²) in [6.45, 7) is 0. The Kier molecular flexibility index (Phi) is 3.79. The van der Waals surface area contributed by atoms with Crippen LogP contribution in [0.25, 0.3) is 0 Å². The lowest BCUT2D eigenvalue weighted by molar-refractivity contribution is -0.128. The Hall–Kier alpha value is -0.860. The molecule has 0 aliphatic carbocycles. The second-order valence-electron chi connectivity index (χ2n) is 1.25. The van der Waals surface area contributed by atoms with Crippen LogP contribution in [0.5, 0.6) is 0 Å². The van der Waals surface area contributed by atoms with Crippen LogP contribution in [0.3, 0.4) is 0 Å². The second kappa shape index (κ2) is 4.11. The normalized spacial score (nSPS) is 10.3. The zero-order valence-corrected chi connectivity index (χ0v) is 6.59. The molecule has 0 aromatic carbocycles. The molecule has 2 amide bonds. The lowest BCUT2D eigenvalue weighted by Gasteiger charge is -2.12. The first-order chi connectivity index (χ1) is 4.99. The van der Waals surface area contributed by atoms with E-state index < -0.39 is 9.24 Å². The third-order valence-electron chi connectivity index (χ3n) is 0.505. The van der Waals surface area contributed by atoms with Crippen LogP contribution in [0.2, 0.25) is 0 Å².